The summed E-state index contributed by atoms with van der Waals surface area (Å²) in [7, 11) is 0. The van der Waals surface area contributed by atoms with Crippen LogP contribution in [-0.4, -0.2) is 39.3 Å². The van der Waals surface area contributed by atoms with E-state index < -0.39 is 5.97 Å². The van der Waals surface area contributed by atoms with Crippen molar-refractivity contribution < 1.29 is 9.90 Å². The maximum Gasteiger partial charge on any atom is 0.356 e. The molecule has 1 aromatic rings. The lowest BCUT2D eigenvalue weighted by Crippen LogP contribution is -2.17. The number of thioether (sulfide) groups is 1. The fourth-order valence-corrected chi connectivity index (χ4v) is 1.73. The number of nitrogens with one attached hydrogen (secondary N) is 1. The van der Waals surface area contributed by atoms with Crippen molar-refractivity contribution in [2.24, 2.45) is 0 Å². The predicted molar refractivity (Wildman–Crippen MR) is 65.1 cm³/mol. The molecule has 6 heteroatoms. The van der Waals surface area contributed by atoms with Gasteiger partial charge in [0.25, 0.3) is 0 Å². The number of hydrogen-bond acceptors (Lipinski definition) is 5. The van der Waals surface area contributed by atoms with Gasteiger partial charge in [-0.2, -0.15) is 11.8 Å². The molecule has 0 spiro atoms. The first-order valence-corrected chi connectivity index (χ1v) is 6.35. The van der Waals surface area contributed by atoms with Gasteiger partial charge in [0.05, 0.1) is 0 Å². The van der Waals surface area contributed by atoms with Crippen LogP contribution in [0.25, 0.3) is 0 Å². The average molecular weight is 241 g/mol. The second-order valence-electron chi connectivity index (χ2n) is 3.44. The zero-order chi connectivity index (χ0) is 12.0. The van der Waals surface area contributed by atoms with Crippen molar-refractivity contribution in [1.29, 1.82) is 0 Å². The Balaban J connectivity index is 2.51. The Kier molecular flexibility index (Phi) is 5.04. The first-order chi connectivity index (χ1) is 7.63. The molecule has 1 atom stereocenters. The number of nitrogens with zero attached hydrogens (tertiary/aromatic N) is 2. The van der Waals surface area contributed by atoms with Gasteiger partial charge in [0.1, 0.15) is 5.82 Å². The fourth-order valence-electron chi connectivity index (χ4n) is 1.14. The summed E-state index contributed by atoms with van der Waals surface area (Å²) in [6, 6.07) is 3.38. The van der Waals surface area contributed by atoms with Gasteiger partial charge in [0.2, 0.25) is 0 Å². The van der Waals surface area contributed by atoms with Crippen LogP contribution < -0.4 is 5.32 Å². The molecule has 0 radical (unpaired) electrons. The molecule has 1 unspecified atom stereocenters. The van der Waals surface area contributed by atoms with Crippen LogP contribution in [-0.2, 0) is 0 Å². The largest absolute Gasteiger partial charge is 0.476 e. The van der Waals surface area contributed by atoms with Crippen LogP contribution in [0.2, 0.25) is 0 Å². The predicted octanol–water partition coefficient (Wildman–Crippen LogP) is 1.73. The molecule has 0 aliphatic rings. The van der Waals surface area contributed by atoms with Gasteiger partial charge in [-0.3, -0.25) is 0 Å². The molecule has 5 nitrogen and oxygen atoms in total. The quantitative estimate of drug-likeness (QED) is 0.790. The lowest BCUT2D eigenvalue weighted by Gasteiger charge is -2.12. The van der Waals surface area contributed by atoms with Gasteiger partial charge in [-0.1, -0.05) is 0 Å². The minimum absolute atomic E-state index is 0.0395. The van der Waals surface area contributed by atoms with Gasteiger partial charge < -0.3 is 10.4 Å². The highest BCUT2D eigenvalue weighted by Gasteiger charge is 2.06. The second-order valence-corrected chi connectivity index (χ2v) is 4.42. The minimum atomic E-state index is -1.06. The summed E-state index contributed by atoms with van der Waals surface area (Å²) in [6.07, 6.45) is 3.09. The number of carbonyl (C=O) groups is 1. The van der Waals surface area contributed by atoms with E-state index in [9.17, 15) is 4.79 Å². The highest BCUT2D eigenvalue weighted by molar-refractivity contribution is 7.98. The summed E-state index contributed by atoms with van der Waals surface area (Å²) in [5, 5.41) is 19.2. The Morgan fingerprint density at radius 3 is 2.81 bits per heavy atom. The molecule has 88 valence electrons. The van der Waals surface area contributed by atoms with Gasteiger partial charge in [0.15, 0.2) is 5.69 Å². The minimum Gasteiger partial charge on any atom is -0.476 e. The van der Waals surface area contributed by atoms with Crippen molar-refractivity contribution >= 4 is 23.5 Å². The normalized spacial score (nSPS) is 12.1. The summed E-state index contributed by atoms with van der Waals surface area (Å²) in [5.74, 6) is 0.627. The third kappa shape index (κ3) is 4.06. The van der Waals surface area contributed by atoms with E-state index in [4.69, 9.17) is 5.11 Å². The average Bonchev–Trinajstić information content (AvgIpc) is 2.27. The molecule has 2 N–H and O–H groups in total. The lowest BCUT2D eigenvalue weighted by atomic mass is 10.2. The zero-order valence-electron chi connectivity index (χ0n) is 9.30. The number of rotatable bonds is 6. The molecule has 1 heterocycles. The first kappa shape index (κ1) is 12.8. The fraction of sp³-hybridized carbons (Fsp3) is 0.500. The number of carboxylic acid groups (broad SMARTS) is 1. The van der Waals surface area contributed by atoms with E-state index in [1.165, 1.54) is 6.07 Å². The van der Waals surface area contributed by atoms with E-state index in [0.29, 0.717) is 11.9 Å². The van der Waals surface area contributed by atoms with Crippen LogP contribution in [0.3, 0.4) is 0 Å². The smallest absolute Gasteiger partial charge is 0.356 e. The molecule has 0 bridgehead atoms. The highest BCUT2D eigenvalue weighted by Crippen LogP contribution is 2.07. The highest BCUT2D eigenvalue weighted by atomic mass is 32.2. The van der Waals surface area contributed by atoms with Gasteiger partial charge in [-0.05, 0) is 37.5 Å². The molecule has 1 rings (SSSR count). The molecule has 0 aromatic carbocycles. The summed E-state index contributed by atoms with van der Waals surface area (Å²) < 4.78 is 0. The van der Waals surface area contributed by atoms with E-state index in [1.807, 2.05) is 0 Å². The zero-order valence-corrected chi connectivity index (χ0v) is 10.1. The summed E-state index contributed by atoms with van der Waals surface area (Å²) in [5.41, 5.74) is -0.0395. The molecule has 0 saturated carbocycles. The van der Waals surface area contributed by atoms with E-state index >= 15 is 0 Å². The number of carboxylic acids is 1. The molecular formula is C10H15N3O2S. The second kappa shape index (κ2) is 6.32. The van der Waals surface area contributed by atoms with Crippen molar-refractivity contribution in [1.82, 2.24) is 10.2 Å². The molecule has 0 fully saturated rings. The molecular weight excluding hydrogens is 226 g/mol. The third-order valence-electron chi connectivity index (χ3n) is 2.03. The van der Waals surface area contributed by atoms with Crippen molar-refractivity contribution in [3.63, 3.8) is 0 Å². The standard InChI is InChI=1S/C10H15N3O2S/c1-7(5-6-16-2)11-9-4-3-8(10(14)15)12-13-9/h3-4,7H,5-6H2,1-2H3,(H,11,13)(H,14,15). The summed E-state index contributed by atoms with van der Waals surface area (Å²) in [4.78, 5) is 10.6. The Labute approximate surface area is 98.7 Å². The SMILES string of the molecule is CSCCC(C)Nc1ccc(C(=O)O)nn1. The summed E-state index contributed by atoms with van der Waals surface area (Å²) in [6.45, 7) is 2.06. The van der Waals surface area contributed by atoms with Crippen LogP contribution in [0.15, 0.2) is 12.1 Å². The van der Waals surface area contributed by atoms with Crippen LogP contribution in [0.1, 0.15) is 23.8 Å². The monoisotopic (exact) mass is 241 g/mol. The Morgan fingerprint density at radius 2 is 2.31 bits per heavy atom. The molecule has 0 saturated heterocycles. The Morgan fingerprint density at radius 1 is 1.56 bits per heavy atom. The molecule has 0 aliphatic heterocycles. The van der Waals surface area contributed by atoms with Crippen LogP contribution >= 0.6 is 11.8 Å². The van der Waals surface area contributed by atoms with Crippen LogP contribution in [0, 0.1) is 0 Å². The third-order valence-corrected chi connectivity index (χ3v) is 2.68. The van der Waals surface area contributed by atoms with Crippen molar-refractivity contribution in [2.75, 3.05) is 17.3 Å². The van der Waals surface area contributed by atoms with Gasteiger partial charge >= 0.3 is 5.97 Å². The Bertz CT molecular complexity index is 342. The Hall–Kier alpha value is -1.30. The molecule has 0 aliphatic carbocycles. The van der Waals surface area contributed by atoms with E-state index in [1.54, 1.807) is 17.8 Å². The number of aromatic nitrogens is 2. The van der Waals surface area contributed by atoms with E-state index in [-0.39, 0.29) is 5.69 Å². The van der Waals surface area contributed by atoms with Gasteiger partial charge in [-0.25, -0.2) is 4.79 Å². The van der Waals surface area contributed by atoms with Gasteiger partial charge in [0, 0.05) is 6.04 Å². The van der Waals surface area contributed by atoms with Gasteiger partial charge in [-0.15, -0.1) is 10.2 Å². The molecule has 16 heavy (non-hydrogen) atoms. The number of aromatic carboxylic acids is 1. The summed E-state index contributed by atoms with van der Waals surface area (Å²) >= 11 is 1.79. The first-order valence-electron chi connectivity index (χ1n) is 4.96. The topological polar surface area (TPSA) is 75.1 Å². The number of anilines is 1. The molecule has 1 aromatic heterocycles. The van der Waals surface area contributed by atoms with E-state index in [0.717, 1.165) is 12.2 Å². The van der Waals surface area contributed by atoms with E-state index in [2.05, 4.69) is 28.7 Å². The maximum absolute atomic E-state index is 10.6. The number of hydrogen-bond donors (Lipinski definition) is 2. The van der Waals surface area contributed by atoms with Crippen molar-refractivity contribution in [3.05, 3.63) is 17.8 Å². The lowest BCUT2D eigenvalue weighted by molar-refractivity contribution is 0.0689. The maximum atomic E-state index is 10.6. The van der Waals surface area contributed by atoms with Crippen molar-refractivity contribution in [2.45, 2.75) is 19.4 Å². The van der Waals surface area contributed by atoms with Crippen molar-refractivity contribution in [3.8, 4) is 0 Å². The van der Waals surface area contributed by atoms with Crippen LogP contribution in [0.4, 0.5) is 5.82 Å². The molecule has 0 amide bonds. The van der Waals surface area contributed by atoms with Crippen LogP contribution in [0.5, 0.6) is 0 Å².